The number of aromatic nitrogens is 2. The van der Waals surface area contributed by atoms with E-state index in [0.29, 0.717) is 13.2 Å². The molecule has 0 atom stereocenters. The summed E-state index contributed by atoms with van der Waals surface area (Å²) in [5.41, 5.74) is 5.52. The van der Waals surface area contributed by atoms with Crippen LogP contribution in [0.1, 0.15) is 11.1 Å². The summed E-state index contributed by atoms with van der Waals surface area (Å²) in [4.78, 5) is 4.83. The molecule has 0 fully saturated rings. The maximum atomic E-state index is 6.05. The topological polar surface area (TPSA) is 27.1 Å². The molecule has 27 heavy (non-hydrogen) atoms. The van der Waals surface area contributed by atoms with Crippen molar-refractivity contribution in [1.82, 2.24) is 9.55 Å². The number of ether oxygens (including phenoxy) is 1. The first-order valence-electron chi connectivity index (χ1n) is 9.03. The van der Waals surface area contributed by atoms with Gasteiger partial charge >= 0.3 is 0 Å². The van der Waals surface area contributed by atoms with Crippen LogP contribution in [0.2, 0.25) is 5.02 Å². The molecule has 1 aromatic heterocycles. The van der Waals surface area contributed by atoms with Crippen molar-refractivity contribution in [3.63, 3.8) is 0 Å². The highest BCUT2D eigenvalue weighted by molar-refractivity contribution is 6.30. The van der Waals surface area contributed by atoms with E-state index in [1.807, 2.05) is 48.5 Å². The first-order chi connectivity index (χ1) is 13.1. The van der Waals surface area contributed by atoms with Gasteiger partial charge in [-0.3, -0.25) is 0 Å². The maximum absolute atomic E-state index is 6.05. The average molecular weight is 377 g/mol. The zero-order valence-electron chi connectivity index (χ0n) is 15.4. The van der Waals surface area contributed by atoms with Crippen LogP contribution < -0.4 is 4.74 Å². The van der Waals surface area contributed by atoms with E-state index in [2.05, 4.69) is 36.6 Å². The van der Waals surface area contributed by atoms with Gasteiger partial charge in [-0.05, 0) is 61.9 Å². The van der Waals surface area contributed by atoms with Crippen molar-refractivity contribution in [3.8, 4) is 17.1 Å². The Bertz CT molecular complexity index is 1080. The van der Waals surface area contributed by atoms with Crippen LogP contribution in [0.5, 0.6) is 5.75 Å². The number of para-hydroxylation sites is 2. The van der Waals surface area contributed by atoms with E-state index in [0.717, 1.165) is 38.8 Å². The Morgan fingerprint density at radius 3 is 2.52 bits per heavy atom. The Labute approximate surface area is 164 Å². The number of nitrogens with zero attached hydrogens (tertiary/aromatic N) is 2. The second kappa shape index (κ2) is 7.45. The standard InChI is InChI=1S/C23H21ClN2O/c1-16-7-12-22(17(2)15-16)27-14-13-26-21-6-4-3-5-20(21)25-23(26)18-8-10-19(24)11-9-18/h3-12,15H,13-14H2,1-2H3. The van der Waals surface area contributed by atoms with Crippen molar-refractivity contribution in [3.05, 3.63) is 82.9 Å². The Balaban J connectivity index is 1.63. The average Bonchev–Trinajstić information content (AvgIpc) is 3.03. The van der Waals surface area contributed by atoms with Gasteiger partial charge in [0, 0.05) is 10.6 Å². The van der Waals surface area contributed by atoms with Crippen LogP contribution in [-0.2, 0) is 6.54 Å². The zero-order chi connectivity index (χ0) is 18.8. The van der Waals surface area contributed by atoms with Gasteiger partial charge in [-0.15, -0.1) is 0 Å². The summed E-state index contributed by atoms with van der Waals surface area (Å²) in [5.74, 6) is 1.86. The van der Waals surface area contributed by atoms with Gasteiger partial charge in [-0.2, -0.15) is 0 Å². The Morgan fingerprint density at radius 1 is 0.963 bits per heavy atom. The highest BCUT2D eigenvalue weighted by atomic mass is 35.5. The van der Waals surface area contributed by atoms with Crippen LogP contribution >= 0.6 is 11.6 Å². The van der Waals surface area contributed by atoms with Crippen LogP contribution in [0.3, 0.4) is 0 Å². The van der Waals surface area contributed by atoms with Gasteiger partial charge in [0.25, 0.3) is 0 Å². The van der Waals surface area contributed by atoms with Crippen LogP contribution in [0.4, 0.5) is 0 Å². The molecule has 3 nitrogen and oxygen atoms in total. The predicted octanol–water partition coefficient (Wildman–Crippen LogP) is 6.05. The van der Waals surface area contributed by atoms with Crippen LogP contribution in [0, 0.1) is 13.8 Å². The third-order valence-corrected chi connectivity index (χ3v) is 4.91. The summed E-state index contributed by atoms with van der Waals surface area (Å²) in [5, 5.41) is 0.722. The number of hydrogen-bond acceptors (Lipinski definition) is 2. The molecule has 0 saturated heterocycles. The second-order valence-electron chi connectivity index (χ2n) is 6.70. The van der Waals surface area contributed by atoms with Gasteiger partial charge in [0.15, 0.2) is 0 Å². The highest BCUT2D eigenvalue weighted by Gasteiger charge is 2.12. The summed E-state index contributed by atoms with van der Waals surface area (Å²) in [6.07, 6.45) is 0. The van der Waals surface area contributed by atoms with Gasteiger partial charge in [-0.1, -0.05) is 41.4 Å². The number of rotatable bonds is 5. The van der Waals surface area contributed by atoms with E-state index < -0.39 is 0 Å². The Morgan fingerprint density at radius 2 is 1.74 bits per heavy atom. The van der Waals surface area contributed by atoms with E-state index in [1.165, 1.54) is 5.56 Å². The third kappa shape index (κ3) is 3.69. The zero-order valence-corrected chi connectivity index (χ0v) is 16.2. The summed E-state index contributed by atoms with van der Waals surface area (Å²) in [6.45, 7) is 5.46. The third-order valence-electron chi connectivity index (χ3n) is 4.66. The van der Waals surface area contributed by atoms with Crippen LogP contribution in [-0.4, -0.2) is 16.2 Å². The molecule has 0 aliphatic carbocycles. The quantitative estimate of drug-likeness (QED) is 0.423. The number of benzene rings is 3. The molecular weight excluding hydrogens is 356 g/mol. The lowest BCUT2D eigenvalue weighted by molar-refractivity contribution is 0.299. The van der Waals surface area contributed by atoms with Gasteiger partial charge in [0.2, 0.25) is 0 Å². The van der Waals surface area contributed by atoms with E-state index in [1.54, 1.807) is 0 Å². The van der Waals surface area contributed by atoms with Crippen molar-refractivity contribution < 1.29 is 4.74 Å². The molecule has 4 heteroatoms. The molecule has 0 N–H and O–H groups in total. The highest BCUT2D eigenvalue weighted by Crippen LogP contribution is 2.26. The molecule has 0 bridgehead atoms. The minimum atomic E-state index is 0.574. The van der Waals surface area contributed by atoms with E-state index >= 15 is 0 Å². The van der Waals surface area contributed by atoms with Crippen molar-refractivity contribution in [1.29, 1.82) is 0 Å². The van der Waals surface area contributed by atoms with Crippen molar-refractivity contribution in [2.45, 2.75) is 20.4 Å². The van der Waals surface area contributed by atoms with Crippen molar-refractivity contribution in [2.75, 3.05) is 6.61 Å². The first kappa shape index (κ1) is 17.6. The number of fused-ring (bicyclic) bond motifs is 1. The molecule has 4 rings (SSSR count). The molecule has 0 unspecified atom stereocenters. The van der Waals surface area contributed by atoms with E-state index in [4.69, 9.17) is 21.3 Å². The van der Waals surface area contributed by atoms with Gasteiger partial charge < -0.3 is 9.30 Å². The lowest BCUT2D eigenvalue weighted by atomic mass is 10.1. The lowest BCUT2D eigenvalue weighted by Crippen LogP contribution is -2.10. The summed E-state index contributed by atoms with van der Waals surface area (Å²) >= 11 is 6.05. The number of aryl methyl sites for hydroxylation is 2. The summed E-state index contributed by atoms with van der Waals surface area (Å²) in [7, 11) is 0. The molecule has 0 amide bonds. The van der Waals surface area contributed by atoms with Gasteiger partial charge in [0.1, 0.15) is 18.2 Å². The van der Waals surface area contributed by atoms with Crippen LogP contribution in [0.15, 0.2) is 66.7 Å². The molecule has 4 aromatic rings. The minimum Gasteiger partial charge on any atom is -0.491 e. The predicted molar refractivity (Wildman–Crippen MR) is 112 cm³/mol. The molecule has 0 spiro atoms. The number of hydrogen-bond donors (Lipinski definition) is 0. The molecule has 3 aromatic carbocycles. The largest absolute Gasteiger partial charge is 0.491 e. The fourth-order valence-corrected chi connectivity index (χ4v) is 3.46. The van der Waals surface area contributed by atoms with Gasteiger partial charge in [-0.25, -0.2) is 4.98 Å². The van der Waals surface area contributed by atoms with E-state index in [-0.39, 0.29) is 0 Å². The van der Waals surface area contributed by atoms with Crippen molar-refractivity contribution >= 4 is 22.6 Å². The molecule has 0 saturated carbocycles. The van der Waals surface area contributed by atoms with Crippen molar-refractivity contribution in [2.24, 2.45) is 0 Å². The molecule has 1 heterocycles. The lowest BCUT2D eigenvalue weighted by Gasteiger charge is -2.13. The fourth-order valence-electron chi connectivity index (χ4n) is 3.33. The molecule has 0 radical (unpaired) electrons. The number of halogens is 1. The summed E-state index contributed by atoms with van der Waals surface area (Å²) in [6, 6.07) is 22.2. The normalized spacial score (nSPS) is 11.1. The fraction of sp³-hybridized carbons (Fsp3) is 0.174. The minimum absolute atomic E-state index is 0.574. The first-order valence-corrected chi connectivity index (χ1v) is 9.41. The second-order valence-corrected chi connectivity index (χ2v) is 7.14. The van der Waals surface area contributed by atoms with E-state index in [9.17, 15) is 0 Å². The Hall–Kier alpha value is -2.78. The van der Waals surface area contributed by atoms with Gasteiger partial charge in [0.05, 0.1) is 17.6 Å². The Kier molecular flexibility index (Phi) is 4.87. The van der Waals surface area contributed by atoms with Crippen LogP contribution in [0.25, 0.3) is 22.4 Å². The monoisotopic (exact) mass is 376 g/mol. The molecule has 136 valence electrons. The summed E-state index contributed by atoms with van der Waals surface area (Å²) < 4.78 is 8.26. The smallest absolute Gasteiger partial charge is 0.141 e. The molecular formula is C23H21ClN2O. The number of imidazole rings is 1. The molecule has 0 aliphatic heterocycles. The SMILES string of the molecule is Cc1ccc(OCCn2c(-c3ccc(Cl)cc3)nc3ccccc32)c(C)c1. The maximum Gasteiger partial charge on any atom is 0.141 e. The molecule has 0 aliphatic rings.